The topological polar surface area (TPSA) is 52.6 Å². The zero-order valence-corrected chi connectivity index (χ0v) is 10.2. The van der Waals surface area contributed by atoms with Crippen LogP contribution in [0.1, 0.15) is 38.5 Å². The summed E-state index contributed by atoms with van der Waals surface area (Å²) in [5.74, 6) is 0.0860. The molecule has 1 aliphatic rings. The van der Waals surface area contributed by atoms with Crippen molar-refractivity contribution in [2.24, 2.45) is 0 Å². The Bertz CT molecular complexity index is 201. The molecule has 1 saturated carbocycles. The number of aliphatic hydroxyl groups is 1. The van der Waals surface area contributed by atoms with Crippen LogP contribution in [0.15, 0.2) is 0 Å². The third-order valence-corrected chi connectivity index (χ3v) is 3.12. The molecule has 4 heteroatoms. The molecule has 4 nitrogen and oxygen atoms in total. The molecule has 0 aromatic rings. The fourth-order valence-electron chi connectivity index (χ4n) is 2.19. The lowest BCUT2D eigenvalue weighted by atomic mass is 10.1. The van der Waals surface area contributed by atoms with Crippen LogP contribution >= 0.6 is 0 Å². The average Bonchev–Trinajstić information content (AvgIpc) is 2.46. The molecular formula is C12H24N2O2. The van der Waals surface area contributed by atoms with Gasteiger partial charge in [-0.3, -0.25) is 9.69 Å². The molecule has 0 aromatic heterocycles. The summed E-state index contributed by atoms with van der Waals surface area (Å²) in [7, 11) is 1.85. The Morgan fingerprint density at radius 3 is 2.50 bits per heavy atom. The van der Waals surface area contributed by atoms with Crippen molar-refractivity contribution in [2.75, 3.05) is 26.7 Å². The van der Waals surface area contributed by atoms with E-state index in [0.29, 0.717) is 19.1 Å². The predicted molar refractivity (Wildman–Crippen MR) is 64.2 cm³/mol. The number of nitrogens with one attached hydrogen (secondary N) is 1. The highest BCUT2D eigenvalue weighted by Gasteiger charge is 2.15. The van der Waals surface area contributed by atoms with Crippen molar-refractivity contribution >= 4 is 5.91 Å². The number of hydrogen-bond donors (Lipinski definition) is 2. The first kappa shape index (κ1) is 13.5. The number of nitrogens with zero attached hydrogens (tertiary/aromatic N) is 1. The van der Waals surface area contributed by atoms with E-state index in [4.69, 9.17) is 5.11 Å². The van der Waals surface area contributed by atoms with Crippen LogP contribution < -0.4 is 5.32 Å². The van der Waals surface area contributed by atoms with Gasteiger partial charge in [-0.15, -0.1) is 0 Å². The van der Waals surface area contributed by atoms with Gasteiger partial charge in [-0.25, -0.2) is 0 Å². The van der Waals surface area contributed by atoms with Gasteiger partial charge in [0.15, 0.2) is 0 Å². The number of carbonyl (C=O) groups is 1. The van der Waals surface area contributed by atoms with E-state index >= 15 is 0 Å². The summed E-state index contributed by atoms with van der Waals surface area (Å²) >= 11 is 0. The summed E-state index contributed by atoms with van der Waals surface area (Å²) in [6.45, 7) is 1.04. The summed E-state index contributed by atoms with van der Waals surface area (Å²) in [5.41, 5.74) is 0. The highest BCUT2D eigenvalue weighted by Crippen LogP contribution is 2.16. The van der Waals surface area contributed by atoms with Gasteiger partial charge >= 0.3 is 0 Å². The first-order valence-corrected chi connectivity index (χ1v) is 6.31. The number of likely N-dealkylation sites (N-methyl/N-ethyl adjacent to an activating group) is 1. The van der Waals surface area contributed by atoms with Gasteiger partial charge in [0.2, 0.25) is 5.91 Å². The average molecular weight is 228 g/mol. The Hall–Kier alpha value is -0.610. The third-order valence-electron chi connectivity index (χ3n) is 3.12. The van der Waals surface area contributed by atoms with Crippen molar-refractivity contribution in [3.8, 4) is 0 Å². The molecule has 0 saturated heterocycles. The molecule has 0 heterocycles. The van der Waals surface area contributed by atoms with Crippen LogP contribution in [0.25, 0.3) is 0 Å². The lowest BCUT2D eigenvalue weighted by Crippen LogP contribution is -2.41. The van der Waals surface area contributed by atoms with E-state index in [9.17, 15) is 4.79 Å². The molecule has 0 atom stereocenters. The first-order chi connectivity index (χ1) is 7.72. The SMILES string of the molecule is CN(CCO)CC(=O)NC1CCCCCC1. The minimum absolute atomic E-state index is 0.0860. The second-order valence-electron chi connectivity index (χ2n) is 4.72. The van der Waals surface area contributed by atoms with Gasteiger partial charge in [0.25, 0.3) is 0 Å². The number of aliphatic hydroxyl groups excluding tert-OH is 1. The van der Waals surface area contributed by atoms with Crippen LogP contribution in [-0.4, -0.2) is 48.7 Å². The maximum absolute atomic E-state index is 11.7. The van der Waals surface area contributed by atoms with Gasteiger partial charge in [0.05, 0.1) is 13.2 Å². The molecule has 1 aliphatic carbocycles. The van der Waals surface area contributed by atoms with Crippen LogP contribution in [0.2, 0.25) is 0 Å². The van der Waals surface area contributed by atoms with E-state index in [1.807, 2.05) is 11.9 Å². The van der Waals surface area contributed by atoms with Crippen molar-refractivity contribution in [2.45, 2.75) is 44.6 Å². The van der Waals surface area contributed by atoms with Crippen LogP contribution in [0.4, 0.5) is 0 Å². The van der Waals surface area contributed by atoms with Gasteiger partial charge in [-0.2, -0.15) is 0 Å². The molecule has 1 rings (SSSR count). The molecule has 0 aliphatic heterocycles. The number of carbonyl (C=O) groups excluding carboxylic acids is 1. The normalized spacial score (nSPS) is 18.4. The highest BCUT2D eigenvalue weighted by atomic mass is 16.3. The van der Waals surface area contributed by atoms with Crippen molar-refractivity contribution in [1.82, 2.24) is 10.2 Å². The minimum atomic E-state index is 0.0860. The van der Waals surface area contributed by atoms with Crippen LogP contribution in [0.3, 0.4) is 0 Å². The highest BCUT2D eigenvalue weighted by molar-refractivity contribution is 5.78. The van der Waals surface area contributed by atoms with E-state index < -0.39 is 0 Å². The maximum atomic E-state index is 11.7. The molecule has 94 valence electrons. The fraction of sp³-hybridized carbons (Fsp3) is 0.917. The van der Waals surface area contributed by atoms with Crippen molar-refractivity contribution in [1.29, 1.82) is 0 Å². The number of rotatable bonds is 5. The fourth-order valence-corrected chi connectivity index (χ4v) is 2.19. The van der Waals surface area contributed by atoms with Crippen molar-refractivity contribution in [3.05, 3.63) is 0 Å². The summed E-state index contributed by atoms with van der Waals surface area (Å²) in [6.07, 6.45) is 7.31. The molecular weight excluding hydrogens is 204 g/mol. The monoisotopic (exact) mass is 228 g/mol. The predicted octanol–water partition coefficient (Wildman–Crippen LogP) is 0.749. The first-order valence-electron chi connectivity index (χ1n) is 6.31. The van der Waals surface area contributed by atoms with Crippen LogP contribution in [0, 0.1) is 0 Å². The number of hydrogen-bond acceptors (Lipinski definition) is 3. The molecule has 2 N–H and O–H groups in total. The second kappa shape index (κ2) is 7.63. The summed E-state index contributed by atoms with van der Waals surface area (Å²) in [4.78, 5) is 13.5. The lowest BCUT2D eigenvalue weighted by Gasteiger charge is -2.19. The summed E-state index contributed by atoms with van der Waals surface area (Å²) in [6, 6.07) is 0.373. The Labute approximate surface area is 98.0 Å². The molecule has 0 unspecified atom stereocenters. The van der Waals surface area contributed by atoms with E-state index in [2.05, 4.69) is 5.32 Å². The van der Waals surface area contributed by atoms with Crippen LogP contribution in [0.5, 0.6) is 0 Å². The molecule has 0 bridgehead atoms. The molecule has 0 radical (unpaired) electrons. The Kier molecular flexibility index (Phi) is 6.42. The molecule has 0 aromatic carbocycles. The molecule has 16 heavy (non-hydrogen) atoms. The third kappa shape index (κ3) is 5.47. The Morgan fingerprint density at radius 2 is 1.94 bits per heavy atom. The Morgan fingerprint density at radius 1 is 1.31 bits per heavy atom. The molecule has 1 fully saturated rings. The van der Waals surface area contributed by atoms with Crippen molar-refractivity contribution < 1.29 is 9.90 Å². The van der Waals surface area contributed by atoms with Crippen LogP contribution in [-0.2, 0) is 4.79 Å². The van der Waals surface area contributed by atoms with Gasteiger partial charge < -0.3 is 10.4 Å². The standard InChI is InChI=1S/C12H24N2O2/c1-14(8-9-15)10-12(16)13-11-6-4-2-3-5-7-11/h11,15H,2-10H2,1H3,(H,13,16). The lowest BCUT2D eigenvalue weighted by molar-refractivity contribution is -0.122. The number of amides is 1. The van der Waals surface area contributed by atoms with Gasteiger partial charge in [-0.05, 0) is 19.9 Å². The zero-order chi connectivity index (χ0) is 11.8. The molecule has 1 amide bonds. The van der Waals surface area contributed by atoms with E-state index in [1.54, 1.807) is 0 Å². The zero-order valence-electron chi connectivity index (χ0n) is 10.2. The summed E-state index contributed by atoms with van der Waals surface area (Å²) in [5, 5.41) is 11.8. The van der Waals surface area contributed by atoms with Gasteiger partial charge in [0, 0.05) is 12.6 Å². The van der Waals surface area contributed by atoms with Gasteiger partial charge in [-0.1, -0.05) is 25.7 Å². The van der Waals surface area contributed by atoms with Gasteiger partial charge in [0.1, 0.15) is 0 Å². The minimum Gasteiger partial charge on any atom is -0.395 e. The van der Waals surface area contributed by atoms with Crippen molar-refractivity contribution in [3.63, 3.8) is 0 Å². The van der Waals surface area contributed by atoms with E-state index in [1.165, 1.54) is 25.7 Å². The maximum Gasteiger partial charge on any atom is 0.234 e. The Balaban J connectivity index is 2.21. The largest absolute Gasteiger partial charge is 0.395 e. The summed E-state index contributed by atoms with van der Waals surface area (Å²) < 4.78 is 0. The quantitative estimate of drug-likeness (QED) is 0.683. The van der Waals surface area contributed by atoms with E-state index in [0.717, 1.165) is 12.8 Å². The second-order valence-corrected chi connectivity index (χ2v) is 4.72. The molecule has 0 spiro atoms. The smallest absolute Gasteiger partial charge is 0.234 e. The van der Waals surface area contributed by atoms with E-state index in [-0.39, 0.29) is 12.5 Å².